The van der Waals surface area contributed by atoms with Crippen molar-refractivity contribution in [3.05, 3.63) is 96.2 Å². The van der Waals surface area contributed by atoms with E-state index in [1.807, 2.05) is 84.5 Å². The monoisotopic (exact) mass is 425 g/mol. The van der Waals surface area contributed by atoms with E-state index in [1.54, 1.807) is 0 Å². The van der Waals surface area contributed by atoms with Gasteiger partial charge in [-0.25, -0.2) is 4.79 Å². The van der Waals surface area contributed by atoms with Crippen LogP contribution < -0.4 is 16.4 Å². The second-order valence-corrected chi connectivity index (χ2v) is 7.72. The molecule has 6 heteroatoms. The van der Waals surface area contributed by atoms with E-state index in [0.29, 0.717) is 18.1 Å². The van der Waals surface area contributed by atoms with Crippen molar-refractivity contribution in [1.82, 2.24) is 4.57 Å². The van der Waals surface area contributed by atoms with Gasteiger partial charge in [-0.05, 0) is 54.8 Å². The molecule has 2 amide bonds. The number of carbonyl (C=O) groups is 1. The van der Waals surface area contributed by atoms with Gasteiger partial charge in [0.2, 0.25) is 0 Å². The number of rotatable bonds is 7. The number of nitrogens with one attached hydrogen (secondary N) is 2. The van der Waals surface area contributed by atoms with Crippen LogP contribution in [-0.2, 0) is 13.5 Å². The Kier molecular flexibility index (Phi) is 6.51. The van der Waals surface area contributed by atoms with Gasteiger partial charge in [-0.1, -0.05) is 42.5 Å². The fraction of sp³-hybridized carbons (Fsp3) is 0.154. The van der Waals surface area contributed by atoms with Crippen molar-refractivity contribution in [2.45, 2.75) is 12.8 Å². The summed E-state index contributed by atoms with van der Waals surface area (Å²) < 4.78 is 2.04. The third-order valence-corrected chi connectivity index (χ3v) is 5.31. The molecule has 0 saturated carbocycles. The average molecular weight is 426 g/mol. The van der Waals surface area contributed by atoms with Crippen LogP contribution in [0.5, 0.6) is 0 Å². The van der Waals surface area contributed by atoms with Crippen molar-refractivity contribution in [3.63, 3.8) is 0 Å². The van der Waals surface area contributed by atoms with E-state index in [4.69, 9.17) is 5.73 Å². The van der Waals surface area contributed by atoms with Gasteiger partial charge in [0.1, 0.15) is 5.84 Å². The summed E-state index contributed by atoms with van der Waals surface area (Å²) in [6.45, 7) is 0.654. The van der Waals surface area contributed by atoms with Crippen LogP contribution in [0.15, 0.2) is 90.1 Å². The lowest BCUT2D eigenvalue weighted by molar-refractivity contribution is 0.262. The summed E-state index contributed by atoms with van der Waals surface area (Å²) in [5.74, 6) is 0.469. The summed E-state index contributed by atoms with van der Waals surface area (Å²) in [6, 6.07) is 25.3. The first-order chi connectivity index (χ1) is 15.6. The van der Waals surface area contributed by atoms with E-state index in [2.05, 4.69) is 27.8 Å². The van der Waals surface area contributed by atoms with E-state index in [1.165, 1.54) is 5.56 Å². The lowest BCUT2D eigenvalue weighted by Crippen LogP contribution is -2.20. The number of nitrogens with two attached hydrogens (primary N) is 1. The number of hydrogen-bond acceptors (Lipinski definition) is 2. The summed E-state index contributed by atoms with van der Waals surface area (Å²) in [5.41, 5.74) is 10.8. The van der Waals surface area contributed by atoms with Gasteiger partial charge >= 0.3 is 6.03 Å². The molecule has 32 heavy (non-hydrogen) atoms. The molecule has 0 saturated heterocycles. The lowest BCUT2D eigenvalue weighted by atomic mass is 10.1. The first-order valence-electron chi connectivity index (χ1n) is 10.7. The maximum atomic E-state index is 12.5. The van der Waals surface area contributed by atoms with E-state index in [0.717, 1.165) is 35.0 Å². The smallest absolute Gasteiger partial charge is 0.323 e. The Morgan fingerprint density at radius 3 is 2.53 bits per heavy atom. The molecule has 6 nitrogen and oxygen atoms in total. The Morgan fingerprint density at radius 2 is 1.72 bits per heavy atom. The molecule has 3 aromatic carbocycles. The number of fused-ring (bicyclic) bond motifs is 1. The Labute approximate surface area is 187 Å². The molecule has 0 atom stereocenters. The van der Waals surface area contributed by atoms with Gasteiger partial charge in [0, 0.05) is 47.6 Å². The van der Waals surface area contributed by atoms with Gasteiger partial charge < -0.3 is 20.9 Å². The topological polar surface area (TPSA) is 84.4 Å². The third kappa shape index (κ3) is 5.35. The van der Waals surface area contributed by atoms with E-state index in [9.17, 15) is 4.79 Å². The normalized spacial score (nSPS) is 11.5. The quantitative estimate of drug-likeness (QED) is 0.217. The molecule has 0 fully saturated rings. The molecule has 1 heterocycles. The molecule has 162 valence electrons. The van der Waals surface area contributed by atoms with Crippen molar-refractivity contribution >= 4 is 34.1 Å². The molecule has 4 rings (SSSR count). The average Bonchev–Trinajstić information content (AvgIpc) is 3.17. The van der Waals surface area contributed by atoms with Gasteiger partial charge in [0.05, 0.1) is 0 Å². The number of urea groups is 1. The standard InChI is InChI=1S/C26H27N5O/c1-31-16-14-20-17-23(12-13-24(20)31)30-26(32)29-22-11-5-10-21(18-22)25(27)28-15-6-9-19-7-3-2-4-8-19/h2-5,7-8,10-14,16-18H,6,9,15H2,1H3,(H2,27,28)(H2,29,30,32). The highest BCUT2D eigenvalue weighted by atomic mass is 16.2. The molecular formula is C26H27N5O. The van der Waals surface area contributed by atoms with Crippen molar-refractivity contribution < 1.29 is 4.79 Å². The first kappa shape index (κ1) is 21.2. The highest BCUT2D eigenvalue weighted by Crippen LogP contribution is 2.20. The number of benzene rings is 3. The van der Waals surface area contributed by atoms with Crippen LogP contribution in [0.4, 0.5) is 16.2 Å². The Bertz CT molecular complexity index is 1240. The summed E-state index contributed by atoms with van der Waals surface area (Å²) in [5, 5.41) is 6.81. The van der Waals surface area contributed by atoms with E-state index in [-0.39, 0.29) is 6.03 Å². The Morgan fingerprint density at radius 1 is 0.938 bits per heavy atom. The number of aromatic nitrogens is 1. The maximum absolute atomic E-state index is 12.5. The highest BCUT2D eigenvalue weighted by Gasteiger charge is 2.06. The first-order valence-corrected chi connectivity index (χ1v) is 10.7. The molecule has 1 aromatic heterocycles. The molecule has 0 radical (unpaired) electrons. The molecule has 0 aliphatic rings. The lowest BCUT2D eigenvalue weighted by Gasteiger charge is -2.10. The van der Waals surface area contributed by atoms with Crippen LogP contribution in [0.25, 0.3) is 10.9 Å². The summed E-state index contributed by atoms with van der Waals surface area (Å²) in [4.78, 5) is 17.0. The van der Waals surface area contributed by atoms with Crippen LogP contribution in [0.2, 0.25) is 0 Å². The molecule has 0 aliphatic heterocycles. The van der Waals surface area contributed by atoms with Gasteiger partial charge in [0.15, 0.2) is 0 Å². The van der Waals surface area contributed by atoms with Gasteiger partial charge in [-0.3, -0.25) is 4.99 Å². The number of nitrogens with zero attached hydrogens (tertiary/aromatic N) is 2. The van der Waals surface area contributed by atoms with Crippen LogP contribution >= 0.6 is 0 Å². The van der Waals surface area contributed by atoms with Crippen molar-refractivity contribution in [3.8, 4) is 0 Å². The number of carbonyl (C=O) groups excluding carboxylic acids is 1. The maximum Gasteiger partial charge on any atom is 0.323 e. The second kappa shape index (κ2) is 9.83. The molecule has 0 spiro atoms. The summed E-state index contributed by atoms with van der Waals surface area (Å²) in [7, 11) is 1.99. The zero-order valence-electron chi connectivity index (χ0n) is 18.1. The number of aryl methyl sites for hydroxylation is 2. The van der Waals surface area contributed by atoms with Crippen molar-refractivity contribution in [1.29, 1.82) is 0 Å². The zero-order chi connectivity index (χ0) is 22.3. The SMILES string of the molecule is Cn1ccc2cc(NC(=O)Nc3cccc(C(N)=NCCCc4ccccc4)c3)ccc21. The van der Waals surface area contributed by atoms with Gasteiger partial charge in [-0.2, -0.15) is 0 Å². The fourth-order valence-electron chi connectivity index (χ4n) is 3.63. The van der Waals surface area contributed by atoms with E-state index < -0.39 is 0 Å². The van der Waals surface area contributed by atoms with Crippen LogP contribution in [0.3, 0.4) is 0 Å². The molecule has 0 aliphatic carbocycles. The van der Waals surface area contributed by atoms with Crippen molar-refractivity contribution in [2.75, 3.05) is 17.2 Å². The number of amides is 2. The molecular weight excluding hydrogens is 398 g/mol. The molecule has 0 bridgehead atoms. The highest BCUT2D eigenvalue weighted by molar-refractivity contribution is 6.03. The number of anilines is 2. The minimum atomic E-state index is -0.309. The largest absolute Gasteiger partial charge is 0.384 e. The molecule has 0 unspecified atom stereocenters. The molecule has 4 aromatic rings. The Hall–Kier alpha value is -4.06. The number of hydrogen-bond donors (Lipinski definition) is 3. The third-order valence-electron chi connectivity index (χ3n) is 5.31. The predicted octanol–water partition coefficient (Wildman–Crippen LogP) is 5.16. The van der Waals surface area contributed by atoms with Crippen LogP contribution in [-0.4, -0.2) is 23.0 Å². The minimum Gasteiger partial charge on any atom is -0.384 e. The summed E-state index contributed by atoms with van der Waals surface area (Å²) >= 11 is 0. The summed E-state index contributed by atoms with van der Waals surface area (Å²) in [6.07, 6.45) is 3.89. The number of aliphatic imine (C=N–C) groups is 1. The second-order valence-electron chi connectivity index (χ2n) is 7.72. The molecule has 4 N–H and O–H groups in total. The number of amidine groups is 1. The van der Waals surface area contributed by atoms with Crippen molar-refractivity contribution in [2.24, 2.45) is 17.8 Å². The Balaban J connectivity index is 1.33. The minimum absolute atomic E-state index is 0.309. The van der Waals surface area contributed by atoms with E-state index >= 15 is 0 Å². The predicted molar refractivity (Wildman–Crippen MR) is 132 cm³/mol. The van der Waals surface area contributed by atoms with Gasteiger partial charge in [0.25, 0.3) is 0 Å². The fourth-order valence-corrected chi connectivity index (χ4v) is 3.63. The van der Waals surface area contributed by atoms with Crippen LogP contribution in [0, 0.1) is 0 Å². The van der Waals surface area contributed by atoms with Crippen LogP contribution in [0.1, 0.15) is 17.5 Å². The van der Waals surface area contributed by atoms with Gasteiger partial charge in [-0.15, -0.1) is 0 Å². The zero-order valence-corrected chi connectivity index (χ0v) is 18.1.